The summed E-state index contributed by atoms with van der Waals surface area (Å²) in [6, 6.07) is 7.50. The Bertz CT molecular complexity index is 782. The Hall–Kier alpha value is -2.71. The summed E-state index contributed by atoms with van der Waals surface area (Å²) in [4.78, 5) is 11.8. The molecule has 0 fully saturated rings. The van der Waals surface area contributed by atoms with E-state index in [4.69, 9.17) is 0 Å². The van der Waals surface area contributed by atoms with Crippen LogP contribution in [0.5, 0.6) is 0 Å². The summed E-state index contributed by atoms with van der Waals surface area (Å²) in [5, 5.41) is 4.42. The molecule has 0 heterocycles. The van der Waals surface area contributed by atoms with E-state index in [1.165, 1.54) is 0 Å². The highest BCUT2D eigenvalue weighted by molar-refractivity contribution is 5.89. The minimum Gasteiger partial charge on any atom is -0.338 e. The second-order valence-electron chi connectivity index (χ2n) is 5.91. The molecule has 27 heavy (non-hydrogen) atoms. The van der Waals surface area contributed by atoms with Gasteiger partial charge in [-0.15, -0.1) is 0 Å². The third-order valence-corrected chi connectivity index (χ3v) is 3.63. The van der Waals surface area contributed by atoms with Gasteiger partial charge in [-0.25, -0.2) is 4.79 Å². The van der Waals surface area contributed by atoms with Gasteiger partial charge >= 0.3 is 18.4 Å². The quantitative estimate of drug-likeness (QED) is 0.675. The second-order valence-corrected chi connectivity index (χ2v) is 5.91. The number of amides is 2. The van der Waals surface area contributed by atoms with Crippen molar-refractivity contribution >= 4 is 11.7 Å². The maximum atomic E-state index is 12.8. The van der Waals surface area contributed by atoms with Crippen LogP contribution in [0.3, 0.4) is 0 Å². The Balaban J connectivity index is 2.05. The van der Waals surface area contributed by atoms with Crippen molar-refractivity contribution in [2.75, 3.05) is 11.9 Å². The molecule has 3 nitrogen and oxygen atoms in total. The smallest absolute Gasteiger partial charge is 0.338 e. The molecule has 0 aliphatic heterocycles. The van der Waals surface area contributed by atoms with Gasteiger partial charge in [0.1, 0.15) is 0 Å². The van der Waals surface area contributed by atoms with Crippen LogP contribution in [0.15, 0.2) is 42.5 Å². The van der Waals surface area contributed by atoms with Gasteiger partial charge in [-0.2, -0.15) is 26.3 Å². The fourth-order valence-corrected chi connectivity index (χ4v) is 2.39. The summed E-state index contributed by atoms with van der Waals surface area (Å²) < 4.78 is 76.8. The van der Waals surface area contributed by atoms with Crippen molar-refractivity contribution in [3.8, 4) is 0 Å². The molecule has 0 radical (unpaired) electrons. The predicted molar refractivity (Wildman–Crippen MR) is 88.4 cm³/mol. The number of hydrogen-bond acceptors (Lipinski definition) is 1. The van der Waals surface area contributed by atoms with Gasteiger partial charge in [-0.3, -0.25) is 0 Å². The molecule has 0 aromatic heterocycles. The van der Waals surface area contributed by atoms with Gasteiger partial charge < -0.3 is 10.6 Å². The molecule has 0 unspecified atom stereocenters. The number of aryl methyl sites for hydroxylation is 1. The van der Waals surface area contributed by atoms with Crippen molar-refractivity contribution in [2.45, 2.75) is 25.7 Å². The van der Waals surface area contributed by atoms with Gasteiger partial charge in [0, 0.05) is 12.2 Å². The van der Waals surface area contributed by atoms with Crippen molar-refractivity contribution < 1.29 is 31.1 Å². The van der Waals surface area contributed by atoms with Crippen LogP contribution in [0.25, 0.3) is 0 Å². The molecule has 0 saturated heterocycles. The number of alkyl halides is 6. The van der Waals surface area contributed by atoms with Crippen LogP contribution in [0.1, 0.15) is 22.3 Å². The van der Waals surface area contributed by atoms with E-state index in [-0.39, 0.29) is 12.6 Å². The summed E-state index contributed by atoms with van der Waals surface area (Å²) >= 11 is 0. The number of benzene rings is 2. The van der Waals surface area contributed by atoms with Gasteiger partial charge in [0.05, 0.1) is 11.1 Å². The molecule has 2 rings (SSSR count). The molecular weight excluding hydrogens is 374 g/mol. The van der Waals surface area contributed by atoms with Gasteiger partial charge in [0.15, 0.2) is 0 Å². The molecular formula is C18H16F6N2O. The summed E-state index contributed by atoms with van der Waals surface area (Å²) in [5.74, 6) is 0. The highest BCUT2D eigenvalue weighted by Crippen LogP contribution is 2.37. The molecule has 0 aliphatic rings. The van der Waals surface area contributed by atoms with Crippen molar-refractivity contribution in [1.82, 2.24) is 5.32 Å². The SMILES string of the molecule is Cc1cccc(CCNC(=O)Nc2cc(C(F)(F)F)cc(C(F)(F)F)c2)c1. The molecule has 9 heteroatoms. The lowest BCUT2D eigenvalue weighted by Crippen LogP contribution is -2.30. The molecule has 2 N–H and O–H groups in total. The Morgan fingerprint density at radius 2 is 1.52 bits per heavy atom. The van der Waals surface area contributed by atoms with E-state index >= 15 is 0 Å². The first kappa shape index (κ1) is 20.6. The van der Waals surface area contributed by atoms with Gasteiger partial charge in [-0.1, -0.05) is 29.8 Å². The van der Waals surface area contributed by atoms with Crippen LogP contribution >= 0.6 is 0 Å². The fraction of sp³-hybridized carbons (Fsp3) is 0.278. The van der Waals surface area contributed by atoms with Crippen LogP contribution < -0.4 is 10.6 Å². The number of anilines is 1. The van der Waals surface area contributed by atoms with Gasteiger partial charge in [0.25, 0.3) is 0 Å². The molecule has 2 aromatic carbocycles. The zero-order valence-electron chi connectivity index (χ0n) is 14.1. The predicted octanol–water partition coefficient (Wildman–Crippen LogP) is 5.40. The van der Waals surface area contributed by atoms with Crippen LogP contribution in [0, 0.1) is 6.92 Å². The molecule has 2 aromatic rings. The highest BCUT2D eigenvalue weighted by atomic mass is 19.4. The Labute approximate surface area is 151 Å². The highest BCUT2D eigenvalue weighted by Gasteiger charge is 2.37. The first-order chi connectivity index (χ1) is 12.4. The average Bonchev–Trinajstić information content (AvgIpc) is 2.53. The van der Waals surface area contributed by atoms with Crippen molar-refractivity contribution in [2.24, 2.45) is 0 Å². The van der Waals surface area contributed by atoms with E-state index in [0.29, 0.717) is 18.6 Å². The maximum absolute atomic E-state index is 12.8. The molecule has 146 valence electrons. The number of urea groups is 1. The normalized spacial score (nSPS) is 12.0. The first-order valence-electron chi connectivity index (χ1n) is 7.85. The third-order valence-electron chi connectivity index (χ3n) is 3.63. The molecule has 0 saturated carbocycles. The van der Waals surface area contributed by atoms with E-state index in [2.05, 4.69) is 5.32 Å². The molecule has 2 amide bonds. The minimum atomic E-state index is -4.97. The van der Waals surface area contributed by atoms with Crippen molar-refractivity contribution in [3.05, 3.63) is 64.7 Å². The van der Waals surface area contributed by atoms with E-state index in [9.17, 15) is 31.1 Å². The number of carbonyl (C=O) groups excluding carboxylic acids is 1. The molecule has 0 bridgehead atoms. The average molecular weight is 390 g/mol. The zero-order valence-corrected chi connectivity index (χ0v) is 14.1. The van der Waals surface area contributed by atoms with Crippen LogP contribution in [-0.2, 0) is 18.8 Å². The van der Waals surface area contributed by atoms with Crippen LogP contribution in [0.2, 0.25) is 0 Å². The minimum absolute atomic E-state index is 0.000815. The first-order valence-corrected chi connectivity index (χ1v) is 7.85. The van der Waals surface area contributed by atoms with Crippen molar-refractivity contribution in [3.63, 3.8) is 0 Å². The maximum Gasteiger partial charge on any atom is 0.416 e. The summed E-state index contributed by atoms with van der Waals surface area (Å²) in [6.45, 7) is 2.07. The standard InChI is InChI=1S/C18H16F6N2O/c1-11-3-2-4-12(7-11)5-6-25-16(27)26-15-9-13(17(19,20)21)8-14(10-15)18(22,23)24/h2-4,7-10H,5-6H2,1H3,(H2,25,26,27). The van der Waals surface area contributed by atoms with Gasteiger partial charge in [-0.05, 0) is 37.1 Å². The number of rotatable bonds is 4. The van der Waals surface area contributed by atoms with E-state index < -0.39 is 35.2 Å². The zero-order chi connectivity index (χ0) is 20.2. The van der Waals surface area contributed by atoms with Crippen LogP contribution in [0.4, 0.5) is 36.8 Å². The third kappa shape index (κ3) is 6.19. The van der Waals surface area contributed by atoms with Crippen LogP contribution in [-0.4, -0.2) is 12.6 Å². The monoisotopic (exact) mass is 390 g/mol. The molecule has 0 aliphatic carbocycles. The lowest BCUT2D eigenvalue weighted by Gasteiger charge is -2.15. The number of halogens is 6. The molecule has 0 atom stereocenters. The Morgan fingerprint density at radius 1 is 0.926 bits per heavy atom. The van der Waals surface area contributed by atoms with E-state index in [1.54, 1.807) is 0 Å². The lowest BCUT2D eigenvalue weighted by molar-refractivity contribution is -0.143. The number of nitrogens with one attached hydrogen (secondary N) is 2. The topological polar surface area (TPSA) is 41.1 Å². The second kappa shape index (κ2) is 7.89. The molecule has 0 spiro atoms. The lowest BCUT2D eigenvalue weighted by atomic mass is 10.1. The van der Waals surface area contributed by atoms with Gasteiger partial charge in [0.2, 0.25) is 0 Å². The fourth-order valence-electron chi connectivity index (χ4n) is 2.39. The van der Waals surface area contributed by atoms with E-state index in [0.717, 1.165) is 11.1 Å². The Morgan fingerprint density at radius 3 is 2.04 bits per heavy atom. The summed E-state index contributed by atoms with van der Waals surface area (Å²) in [6.07, 6.45) is -9.48. The summed E-state index contributed by atoms with van der Waals surface area (Å²) in [5.41, 5.74) is -1.61. The largest absolute Gasteiger partial charge is 0.416 e. The summed E-state index contributed by atoms with van der Waals surface area (Å²) in [7, 11) is 0. The Kier molecular flexibility index (Phi) is 6.02. The number of hydrogen-bond donors (Lipinski definition) is 2. The number of carbonyl (C=O) groups is 1. The van der Waals surface area contributed by atoms with Crippen molar-refractivity contribution in [1.29, 1.82) is 0 Å². The van der Waals surface area contributed by atoms with E-state index in [1.807, 2.05) is 36.5 Å².